The Bertz CT molecular complexity index is 208. The summed E-state index contributed by atoms with van der Waals surface area (Å²) in [6.45, 7) is 2.90. The van der Waals surface area contributed by atoms with E-state index in [2.05, 4.69) is 5.32 Å². The molecule has 86 valence electrons. The molecule has 2 aliphatic rings. The standard InChI is InChI=1S/C12H21NO2/c14-12(15-9-11-1-2-11)4-3-10-5-7-13-8-6-10/h10-11,13H,1-9H2. The molecule has 0 amide bonds. The van der Waals surface area contributed by atoms with Crippen molar-refractivity contribution in [1.82, 2.24) is 5.32 Å². The lowest BCUT2D eigenvalue weighted by molar-refractivity contribution is -0.144. The largest absolute Gasteiger partial charge is 0.465 e. The van der Waals surface area contributed by atoms with E-state index >= 15 is 0 Å². The van der Waals surface area contributed by atoms with Crippen molar-refractivity contribution < 1.29 is 9.53 Å². The second-order valence-corrected chi connectivity index (χ2v) is 4.86. The average Bonchev–Trinajstić information content (AvgIpc) is 3.09. The molecule has 0 bridgehead atoms. The summed E-state index contributed by atoms with van der Waals surface area (Å²) in [7, 11) is 0. The highest BCUT2D eigenvalue weighted by molar-refractivity contribution is 5.69. The lowest BCUT2D eigenvalue weighted by Crippen LogP contribution is -2.28. The van der Waals surface area contributed by atoms with E-state index < -0.39 is 0 Å². The zero-order valence-corrected chi connectivity index (χ0v) is 9.34. The summed E-state index contributed by atoms with van der Waals surface area (Å²) in [5.74, 6) is 1.44. The van der Waals surface area contributed by atoms with Gasteiger partial charge in [0, 0.05) is 6.42 Å². The van der Waals surface area contributed by atoms with Crippen LogP contribution < -0.4 is 5.32 Å². The van der Waals surface area contributed by atoms with Gasteiger partial charge in [0.05, 0.1) is 6.61 Å². The number of hydrogen-bond donors (Lipinski definition) is 1. The minimum Gasteiger partial charge on any atom is -0.465 e. The van der Waals surface area contributed by atoms with Crippen LogP contribution in [0.5, 0.6) is 0 Å². The minimum atomic E-state index is 0.0143. The number of rotatable bonds is 5. The third kappa shape index (κ3) is 4.20. The predicted molar refractivity (Wildman–Crippen MR) is 58.5 cm³/mol. The van der Waals surface area contributed by atoms with Crippen molar-refractivity contribution in [2.45, 2.75) is 38.5 Å². The maximum Gasteiger partial charge on any atom is 0.305 e. The fourth-order valence-electron chi connectivity index (χ4n) is 2.06. The molecule has 1 aliphatic heterocycles. The Balaban J connectivity index is 1.53. The normalized spacial score (nSPS) is 22.7. The van der Waals surface area contributed by atoms with Crippen LogP contribution >= 0.6 is 0 Å². The second kappa shape index (κ2) is 5.50. The molecule has 1 heterocycles. The second-order valence-electron chi connectivity index (χ2n) is 4.86. The molecule has 0 unspecified atom stereocenters. The number of carbonyl (C=O) groups is 1. The Labute approximate surface area is 91.6 Å². The average molecular weight is 211 g/mol. The lowest BCUT2D eigenvalue weighted by atomic mass is 9.93. The van der Waals surface area contributed by atoms with E-state index in [1.165, 1.54) is 25.7 Å². The van der Waals surface area contributed by atoms with Crippen LogP contribution in [0, 0.1) is 11.8 Å². The van der Waals surface area contributed by atoms with Crippen LogP contribution in [0.2, 0.25) is 0 Å². The lowest BCUT2D eigenvalue weighted by Gasteiger charge is -2.21. The molecule has 1 N–H and O–H groups in total. The SMILES string of the molecule is O=C(CCC1CCNCC1)OCC1CC1. The molecule has 0 radical (unpaired) electrons. The van der Waals surface area contributed by atoms with Crippen molar-refractivity contribution >= 4 is 5.97 Å². The summed E-state index contributed by atoms with van der Waals surface area (Å²) >= 11 is 0. The summed E-state index contributed by atoms with van der Waals surface area (Å²) < 4.78 is 5.20. The summed E-state index contributed by atoms with van der Waals surface area (Å²) in [5, 5.41) is 3.33. The molecule has 15 heavy (non-hydrogen) atoms. The van der Waals surface area contributed by atoms with Crippen molar-refractivity contribution in [3.8, 4) is 0 Å². The maximum atomic E-state index is 11.4. The van der Waals surface area contributed by atoms with Gasteiger partial charge in [-0.1, -0.05) is 0 Å². The van der Waals surface area contributed by atoms with Crippen molar-refractivity contribution in [3.05, 3.63) is 0 Å². The van der Waals surface area contributed by atoms with Gasteiger partial charge in [0.15, 0.2) is 0 Å². The molecule has 1 saturated carbocycles. The van der Waals surface area contributed by atoms with E-state index in [1.54, 1.807) is 0 Å². The predicted octanol–water partition coefficient (Wildman–Crippen LogP) is 1.72. The highest BCUT2D eigenvalue weighted by Crippen LogP contribution is 2.29. The van der Waals surface area contributed by atoms with Crippen LogP contribution in [-0.2, 0) is 9.53 Å². The first-order valence-electron chi connectivity index (χ1n) is 6.21. The molecule has 0 aromatic rings. The van der Waals surface area contributed by atoms with Crippen molar-refractivity contribution in [2.75, 3.05) is 19.7 Å². The van der Waals surface area contributed by atoms with E-state index in [-0.39, 0.29) is 5.97 Å². The van der Waals surface area contributed by atoms with Gasteiger partial charge in [-0.3, -0.25) is 4.79 Å². The quantitative estimate of drug-likeness (QED) is 0.704. The van der Waals surface area contributed by atoms with Crippen molar-refractivity contribution in [2.24, 2.45) is 11.8 Å². The van der Waals surface area contributed by atoms with Crippen LogP contribution in [0.3, 0.4) is 0 Å². The molecule has 2 rings (SSSR count). The van der Waals surface area contributed by atoms with E-state index in [0.717, 1.165) is 25.4 Å². The molecule has 1 aliphatic carbocycles. The van der Waals surface area contributed by atoms with E-state index in [1.807, 2.05) is 0 Å². The monoisotopic (exact) mass is 211 g/mol. The number of carbonyl (C=O) groups excluding carboxylic acids is 1. The number of hydrogen-bond acceptors (Lipinski definition) is 3. The molecule has 2 fully saturated rings. The number of esters is 1. The highest BCUT2D eigenvalue weighted by Gasteiger charge is 2.23. The summed E-state index contributed by atoms with van der Waals surface area (Å²) in [6.07, 6.45) is 6.58. The van der Waals surface area contributed by atoms with Crippen molar-refractivity contribution in [1.29, 1.82) is 0 Å². The van der Waals surface area contributed by atoms with Gasteiger partial charge in [-0.05, 0) is 57.0 Å². The number of piperidine rings is 1. The van der Waals surface area contributed by atoms with Crippen molar-refractivity contribution in [3.63, 3.8) is 0 Å². The minimum absolute atomic E-state index is 0.0143. The summed E-state index contributed by atoms with van der Waals surface area (Å²) in [5.41, 5.74) is 0. The van der Waals surface area contributed by atoms with Gasteiger partial charge >= 0.3 is 5.97 Å². The Morgan fingerprint density at radius 2 is 1.87 bits per heavy atom. The third-order valence-electron chi connectivity index (χ3n) is 3.39. The van der Waals surface area contributed by atoms with Gasteiger partial charge < -0.3 is 10.1 Å². The fraction of sp³-hybridized carbons (Fsp3) is 0.917. The van der Waals surface area contributed by atoms with E-state index in [9.17, 15) is 4.79 Å². The molecule has 0 aromatic carbocycles. The van der Waals surface area contributed by atoms with Gasteiger partial charge in [-0.15, -0.1) is 0 Å². The topological polar surface area (TPSA) is 38.3 Å². The highest BCUT2D eigenvalue weighted by atomic mass is 16.5. The smallest absolute Gasteiger partial charge is 0.305 e. The van der Waals surface area contributed by atoms with Gasteiger partial charge in [0.1, 0.15) is 0 Å². The first-order chi connectivity index (χ1) is 7.34. The zero-order chi connectivity index (χ0) is 10.5. The molecular formula is C12H21NO2. The molecular weight excluding hydrogens is 190 g/mol. The van der Waals surface area contributed by atoms with Crippen LogP contribution in [-0.4, -0.2) is 25.7 Å². The summed E-state index contributed by atoms with van der Waals surface area (Å²) in [6, 6.07) is 0. The van der Waals surface area contributed by atoms with E-state index in [0.29, 0.717) is 18.9 Å². The van der Waals surface area contributed by atoms with Gasteiger partial charge in [0.2, 0.25) is 0 Å². The Morgan fingerprint density at radius 3 is 2.53 bits per heavy atom. The van der Waals surface area contributed by atoms with Gasteiger partial charge in [-0.25, -0.2) is 0 Å². The van der Waals surface area contributed by atoms with Gasteiger partial charge in [0.25, 0.3) is 0 Å². The molecule has 0 aromatic heterocycles. The Hall–Kier alpha value is -0.570. The van der Waals surface area contributed by atoms with E-state index in [4.69, 9.17) is 4.74 Å². The Morgan fingerprint density at radius 1 is 1.13 bits per heavy atom. The third-order valence-corrected chi connectivity index (χ3v) is 3.39. The molecule has 3 heteroatoms. The van der Waals surface area contributed by atoms with Gasteiger partial charge in [-0.2, -0.15) is 0 Å². The molecule has 3 nitrogen and oxygen atoms in total. The first kappa shape index (κ1) is 10.9. The number of nitrogens with one attached hydrogen (secondary N) is 1. The number of ether oxygens (including phenoxy) is 1. The molecule has 0 spiro atoms. The molecule has 1 saturated heterocycles. The summed E-state index contributed by atoms with van der Waals surface area (Å²) in [4.78, 5) is 11.4. The molecule has 0 atom stereocenters. The van der Waals surface area contributed by atoms with Crippen LogP contribution in [0.15, 0.2) is 0 Å². The van der Waals surface area contributed by atoms with Crippen LogP contribution in [0.1, 0.15) is 38.5 Å². The fourth-order valence-corrected chi connectivity index (χ4v) is 2.06. The van der Waals surface area contributed by atoms with Crippen LogP contribution in [0.25, 0.3) is 0 Å². The van der Waals surface area contributed by atoms with Crippen LogP contribution in [0.4, 0.5) is 0 Å². The Kier molecular flexibility index (Phi) is 4.01. The zero-order valence-electron chi connectivity index (χ0n) is 9.34. The maximum absolute atomic E-state index is 11.4. The first-order valence-corrected chi connectivity index (χ1v) is 6.21.